The Morgan fingerprint density at radius 1 is 1.58 bits per heavy atom. The molecule has 0 fully saturated rings. The summed E-state index contributed by atoms with van der Waals surface area (Å²) in [4.78, 5) is 11.1. The van der Waals surface area contributed by atoms with Crippen LogP contribution in [0.25, 0.3) is 0 Å². The molecule has 0 bridgehead atoms. The lowest BCUT2D eigenvalue weighted by atomic mass is 10.0. The number of carboxylic acid groups (broad SMARTS) is 1. The predicted octanol–water partition coefficient (Wildman–Crippen LogP) is 2.45. The maximum atomic E-state index is 11.1. The normalized spacial score (nSPS) is 19.1. The van der Waals surface area contributed by atoms with Gasteiger partial charge in [-0.3, -0.25) is 4.79 Å². The number of hydrogen-bond donors (Lipinski definition) is 2. The van der Waals surface area contributed by atoms with Gasteiger partial charge in [0.25, 0.3) is 0 Å². The van der Waals surface area contributed by atoms with Crippen molar-refractivity contribution in [3.8, 4) is 5.75 Å². The minimum atomic E-state index is -0.812. The molecule has 2 rings (SSSR count). The molecule has 1 aliphatic heterocycles. The van der Waals surface area contributed by atoms with Crippen LogP contribution in [-0.2, 0) is 11.2 Å². The van der Waals surface area contributed by atoms with Crippen LogP contribution >= 0.6 is 15.9 Å². The van der Waals surface area contributed by atoms with E-state index in [2.05, 4.69) is 21.2 Å². The van der Waals surface area contributed by atoms with Crippen molar-refractivity contribution in [2.24, 2.45) is 5.92 Å². The Labute approximate surface area is 121 Å². The number of rotatable bonds is 5. The highest BCUT2D eigenvalue weighted by Crippen LogP contribution is 2.31. The van der Waals surface area contributed by atoms with Crippen molar-refractivity contribution in [2.45, 2.75) is 32.4 Å². The summed E-state index contributed by atoms with van der Waals surface area (Å²) in [6.07, 6.45) is 0.816. The van der Waals surface area contributed by atoms with E-state index in [1.165, 1.54) is 0 Å². The molecule has 1 aromatic rings. The third-order valence-corrected chi connectivity index (χ3v) is 3.76. The summed E-state index contributed by atoms with van der Waals surface area (Å²) in [6.45, 7) is 4.34. The molecule has 0 saturated carbocycles. The summed E-state index contributed by atoms with van der Waals surface area (Å²) in [5.74, 6) is 0.134. The lowest BCUT2D eigenvalue weighted by Gasteiger charge is -2.20. The fourth-order valence-electron chi connectivity index (χ4n) is 2.27. The average Bonchev–Trinajstić information content (AvgIpc) is 2.70. The fraction of sp³-hybridized carbons (Fsp3) is 0.500. The maximum Gasteiger partial charge on any atom is 0.320 e. The van der Waals surface area contributed by atoms with Crippen molar-refractivity contribution in [3.05, 3.63) is 28.2 Å². The highest BCUT2D eigenvalue weighted by molar-refractivity contribution is 9.10. The van der Waals surface area contributed by atoms with E-state index < -0.39 is 12.0 Å². The quantitative estimate of drug-likeness (QED) is 0.872. The van der Waals surface area contributed by atoms with Crippen LogP contribution in [0.4, 0.5) is 0 Å². The van der Waals surface area contributed by atoms with Crippen LogP contribution in [0.5, 0.6) is 5.75 Å². The SMILES string of the molecule is CC(C)C(NCC1Cc2cc(Br)ccc2O1)C(=O)O. The van der Waals surface area contributed by atoms with Crippen molar-refractivity contribution < 1.29 is 14.6 Å². The van der Waals surface area contributed by atoms with E-state index in [-0.39, 0.29) is 12.0 Å². The third-order valence-electron chi connectivity index (χ3n) is 3.26. The second kappa shape index (κ2) is 5.92. The Hall–Kier alpha value is -1.07. The van der Waals surface area contributed by atoms with Gasteiger partial charge in [0.2, 0.25) is 0 Å². The van der Waals surface area contributed by atoms with E-state index in [1.807, 2.05) is 32.0 Å². The van der Waals surface area contributed by atoms with Gasteiger partial charge in [0, 0.05) is 17.4 Å². The van der Waals surface area contributed by atoms with Crippen LogP contribution in [0, 0.1) is 5.92 Å². The first kappa shape index (κ1) is 14.3. The Morgan fingerprint density at radius 3 is 2.95 bits per heavy atom. The number of carbonyl (C=O) groups is 1. The molecule has 4 nitrogen and oxygen atoms in total. The standard InChI is InChI=1S/C14H18BrNO3/c1-8(2)13(14(17)18)16-7-11-6-9-5-10(15)3-4-12(9)19-11/h3-5,8,11,13,16H,6-7H2,1-2H3,(H,17,18). The lowest BCUT2D eigenvalue weighted by molar-refractivity contribution is -0.140. The summed E-state index contributed by atoms with van der Waals surface area (Å²) < 4.78 is 6.83. The summed E-state index contributed by atoms with van der Waals surface area (Å²) in [6, 6.07) is 5.41. The number of aliphatic carboxylic acids is 1. The molecule has 0 spiro atoms. The second-order valence-electron chi connectivity index (χ2n) is 5.16. The van der Waals surface area contributed by atoms with Crippen LogP contribution in [0.2, 0.25) is 0 Å². The first-order valence-electron chi connectivity index (χ1n) is 6.38. The molecule has 1 aromatic carbocycles. The Kier molecular flexibility index (Phi) is 4.47. The van der Waals surface area contributed by atoms with Crippen LogP contribution < -0.4 is 10.1 Å². The molecule has 2 N–H and O–H groups in total. The topological polar surface area (TPSA) is 58.6 Å². The van der Waals surface area contributed by atoms with Crippen molar-refractivity contribution in [3.63, 3.8) is 0 Å². The number of nitrogens with one attached hydrogen (secondary N) is 1. The summed E-state index contributed by atoms with van der Waals surface area (Å²) in [5.41, 5.74) is 1.16. The summed E-state index contributed by atoms with van der Waals surface area (Å²) in [7, 11) is 0. The molecule has 2 unspecified atom stereocenters. The van der Waals surface area contributed by atoms with Crippen molar-refractivity contribution in [1.29, 1.82) is 0 Å². The lowest BCUT2D eigenvalue weighted by Crippen LogP contribution is -2.45. The number of benzene rings is 1. The van der Waals surface area contributed by atoms with Gasteiger partial charge in [-0.25, -0.2) is 0 Å². The summed E-state index contributed by atoms with van der Waals surface area (Å²) >= 11 is 3.44. The van der Waals surface area contributed by atoms with E-state index in [1.54, 1.807) is 0 Å². The summed E-state index contributed by atoms with van der Waals surface area (Å²) in [5, 5.41) is 12.2. The molecule has 0 amide bonds. The molecule has 19 heavy (non-hydrogen) atoms. The van der Waals surface area contributed by atoms with Gasteiger partial charge in [0.15, 0.2) is 0 Å². The highest BCUT2D eigenvalue weighted by Gasteiger charge is 2.26. The number of hydrogen-bond acceptors (Lipinski definition) is 3. The van der Waals surface area contributed by atoms with Gasteiger partial charge in [-0.15, -0.1) is 0 Å². The molecule has 1 heterocycles. The van der Waals surface area contributed by atoms with Gasteiger partial charge in [0.05, 0.1) is 0 Å². The van der Waals surface area contributed by atoms with Gasteiger partial charge >= 0.3 is 5.97 Å². The average molecular weight is 328 g/mol. The molecule has 0 saturated heterocycles. The van der Waals surface area contributed by atoms with Gasteiger partial charge in [-0.1, -0.05) is 29.8 Å². The van der Waals surface area contributed by atoms with E-state index >= 15 is 0 Å². The van der Waals surface area contributed by atoms with Crippen LogP contribution in [0.3, 0.4) is 0 Å². The first-order chi connectivity index (χ1) is 8.97. The predicted molar refractivity (Wildman–Crippen MR) is 76.5 cm³/mol. The zero-order valence-corrected chi connectivity index (χ0v) is 12.6. The highest BCUT2D eigenvalue weighted by atomic mass is 79.9. The molecule has 2 atom stereocenters. The molecular weight excluding hydrogens is 310 g/mol. The molecule has 0 radical (unpaired) electrons. The van der Waals surface area contributed by atoms with Crippen molar-refractivity contribution >= 4 is 21.9 Å². The Bertz CT molecular complexity index is 476. The zero-order chi connectivity index (χ0) is 14.0. The van der Waals surface area contributed by atoms with E-state index in [9.17, 15) is 4.79 Å². The Balaban J connectivity index is 1.92. The van der Waals surface area contributed by atoms with Gasteiger partial charge in [-0.2, -0.15) is 0 Å². The number of carboxylic acids is 1. The Morgan fingerprint density at radius 2 is 2.32 bits per heavy atom. The molecule has 0 aliphatic carbocycles. The van der Waals surface area contributed by atoms with Crippen molar-refractivity contribution in [2.75, 3.05) is 6.54 Å². The number of fused-ring (bicyclic) bond motifs is 1. The van der Waals surface area contributed by atoms with E-state index in [0.29, 0.717) is 6.54 Å². The monoisotopic (exact) mass is 327 g/mol. The zero-order valence-electron chi connectivity index (χ0n) is 11.0. The minimum absolute atomic E-state index is 0.00454. The van der Waals surface area contributed by atoms with Crippen LogP contribution in [-0.4, -0.2) is 29.8 Å². The fourth-order valence-corrected chi connectivity index (χ4v) is 2.68. The van der Waals surface area contributed by atoms with E-state index in [0.717, 1.165) is 22.2 Å². The second-order valence-corrected chi connectivity index (χ2v) is 6.08. The number of halogens is 1. The minimum Gasteiger partial charge on any atom is -0.488 e. The molecule has 0 aromatic heterocycles. The van der Waals surface area contributed by atoms with Gasteiger partial charge in [0.1, 0.15) is 17.9 Å². The largest absolute Gasteiger partial charge is 0.488 e. The third kappa shape index (κ3) is 3.48. The molecule has 104 valence electrons. The van der Waals surface area contributed by atoms with Crippen molar-refractivity contribution in [1.82, 2.24) is 5.32 Å². The van der Waals surface area contributed by atoms with E-state index in [4.69, 9.17) is 9.84 Å². The first-order valence-corrected chi connectivity index (χ1v) is 7.18. The van der Waals surface area contributed by atoms with Crippen LogP contribution in [0.15, 0.2) is 22.7 Å². The molecular formula is C14H18BrNO3. The number of ether oxygens (including phenoxy) is 1. The van der Waals surface area contributed by atoms with Crippen LogP contribution in [0.1, 0.15) is 19.4 Å². The molecule has 1 aliphatic rings. The smallest absolute Gasteiger partial charge is 0.320 e. The molecule has 5 heteroatoms. The van der Waals surface area contributed by atoms with Gasteiger partial charge in [-0.05, 0) is 29.7 Å². The maximum absolute atomic E-state index is 11.1. The van der Waals surface area contributed by atoms with Gasteiger partial charge < -0.3 is 15.2 Å².